The highest BCUT2D eigenvalue weighted by atomic mass is 16.5. The molecule has 1 aromatic heterocycles. The lowest BCUT2D eigenvalue weighted by molar-refractivity contribution is -0.137. The van der Waals surface area contributed by atoms with Crippen LogP contribution in [0.1, 0.15) is 12.8 Å². The third kappa shape index (κ3) is 4.90. The van der Waals surface area contributed by atoms with Gasteiger partial charge in [0.15, 0.2) is 6.10 Å². The van der Waals surface area contributed by atoms with E-state index in [4.69, 9.17) is 18.7 Å². The summed E-state index contributed by atoms with van der Waals surface area (Å²) in [5.74, 6) is 2.32. The summed E-state index contributed by atoms with van der Waals surface area (Å²) in [5, 5.41) is 6.19. The van der Waals surface area contributed by atoms with Gasteiger partial charge in [0.1, 0.15) is 17.2 Å². The number of hydrogen-bond acceptors (Lipinski definition) is 7. The van der Waals surface area contributed by atoms with E-state index >= 15 is 0 Å². The number of likely N-dealkylation sites (N-methyl/N-ethyl adjacent to an activating group) is 1. The van der Waals surface area contributed by atoms with Gasteiger partial charge in [-0.1, -0.05) is 35.5 Å². The number of nitrogens with zero attached hydrogens (tertiary/aromatic N) is 3. The summed E-state index contributed by atoms with van der Waals surface area (Å²) in [6, 6.07) is 19.1. The molecular weight excluding hydrogens is 422 g/mol. The van der Waals surface area contributed by atoms with E-state index in [-0.39, 0.29) is 12.5 Å². The van der Waals surface area contributed by atoms with E-state index in [0.717, 1.165) is 10.8 Å². The van der Waals surface area contributed by atoms with Crippen molar-refractivity contribution in [3.05, 3.63) is 66.6 Å². The number of methoxy groups -OCH3 is 2. The number of hydrogen-bond donors (Lipinski definition) is 0. The molecule has 0 aliphatic rings. The number of carbonyl (C=O) groups excluding carboxylic acids is 1. The highest BCUT2D eigenvalue weighted by Crippen LogP contribution is 2.31. The Morgan fingerprint density at radius 3 is 2.52 bits per heavy atom. The molecule has 0 saturated carbocycles. The highest BCUT2D eigenvalue weighted by Gasteiger charge is 2.22. The second-order valence-electron chi connectivity index (χ2n) is 7.54. The fraction of sp³-hybridized carbons (Fsp3) is 0.240. The Hall–Kier alpha value is -4.07. The molecule has 3 aromatic carbocycles. The fourth-order valence-electron chi connectivity index (χ4n) is 3.50. The van der Waals surface area contributed by atoms with Crippen LogP contribution >= 0.6 is 0 Å². The molecule has 0 aliphatic carbocycles. The molecule has 1 amide bonds. The average Bonchev–Trinajstić information content (AvgIpc) is 3.31. The lowest BCUT2D eigenvalue weighted by Crippen LogP contribution is -2.37. The first-order chi connectivity index (χ1) is 16.0. The van der Waals surface area contributed by atoms with Gasteiger partial charge in [-0.25, -0.2) is 0 Å². The number of amides is 1. The second kappa shape index (κ2) is 9.60. The molecule has 0 aliphatic heterocycles. The van der Waals surface area contributed by atoms with Crippen molar-refractivity contribution in [2.45, 2.75) is 19.6 Å². The topological polar surface area (TPSA) is 86.9 Å². The monoisotopic (exact) mass is 447 g/mol. The van der Waals surface area contributed by atoms with Crippen molar-refractivity contribution in [1.82, 2.24) is 15.0 Å². The third-order valence-electron chi connectivity index (χ3n) is 5.25. The lowest BCUT2D eigenvalue weighted by atomic mass is 10.1. The maximum Gasteiger partial charge on any atom is 0.263 e. The van der Waals surface area contributed by atoms with Crippen LogP contribution in [-0.4, -0.2) is 48.3 Å². The summed E-state index contributed by atoms with van der Waals surface area (Å²) < 4.78 is 21.9. The maximum absolute atomic E-state index is 12.8. The van der Waals surface area contributed by atoms with E-state index in [1.165, 1.54) is 4.90 Å². The van der Waals surface area contributed by atoms with Crippen molar-refractivity contribution in [2.75, 3.05) is 21.3 Å². The smallest absolute Gasteiger partial charge is 0.263 e. The first-order valence-corrected chi connectivity index (χ1v) is 10.4. The van der Waals surface area contributed by atoms with Crippen LogP contribution < -0.4 is 14.2 Å². The van der Waals surface area contributed by atoms with Gasteiger partial charge in [-0.05, 0) is 42.0 Å². The van der Waals surface area contributed by atoms with Crippen molar-refractivity contribution in [3.8, 4) is 28.6 Å². The van der Waals surface area contributed by atoms with E-state index < -0.39 is 6.10 Å². The molecule has 0 unspecified atom stereocenters. The van der Waals surface area contributed by atoms with Crippen molar-refractivity contribution in [3.63, 3.8) is 0 Å². The van der Waals surface area contributed by atoms with Crippen LogP contribution in [0.15, 0.2) is 65.2 Å². The molecule has 0 radical (unpaired) electrons. The van der Waals surface area contributed by atoms with E-state index in [0.29, 0.717) is 34.5 Å². The first kappa shape index (κ1) is 22.1. The number of aromatic nitrogens is 2. The Morgan fingerprint density at radius 1 is 1.00 bits per heavy atom. The van der Waals surface area contributed by atoms with Gasteiger partial charge in [0, 0.05) is 13.1 Å². The van der Waals surface area contributed by atoms with Gasteiger partial charge in [-0.3, -0.25) is 4.79 Å². The predicted octanol–water partition coefficient (Wildman–Crippen LogP) is 4.33. The number of rotatable bonds is 8. The van der Waals surface area contributed by atoms with E-state index in [2.05, 4.69) is 10.1 Å². The molecule has 0 N–H and O–H groups in total. The van der Waals surface area contributed by atoms with Gasteiger partial charge in [0.2, 0.25) is 11.7 Å². The van der Waals surface area contributed by atoms with Crippen LogP contribution in [0.3, 0.4) is 0 Å². The maximum atomic E-state index is 12.8. The van der Waals surface area contributed by atoms with Crippen LogP contribution in [0.25, 0.3) is 22.2 Å². The van der Waals surface area contributed by atoms with E-state index in [9.17, 15) is 4.79 Å². The predicted molar refractivity (Wildman–Crippen MR) is 123 cm³/mol. The SMILES string of the molecule is COc1ccc(-c2noc(CN(C)C(=O)[C@H](C)Oc3ccc4ccccc4c3)n2)c(OC)c1. The molecule has 33 heavy (non-hydrogen) atoms. The Labute approximate surface area is 191 Å². The van der Waals surface area contributed by atoms with Crippen molar-refractivity contribution < 1.29 is 23.5 Å². The van der Waals surface area contributed by atoms with Crippen LogP contribution in [-0.2, 0) is 11.3 Å². The molecular formula is C25H25N3O5. The summed E-state index contributed by atoms with van der Waals surface area (Å²) in [5.41, 5.74) is 0.662. The Bertz CT molecular complexity index is 1270. The van der Waals surface area contributed by atoms with Gasteiger partial charge in [0.05, 0.1) is 26.3 Å². The Kier molecular flexibility index (Phi) is 6.44. The molecule has 4 aromatic rings. The first-order valence-electron chi connectivity index (χ1n) is 10.4. The zero-order chi connectivity index (χ0) is 23.4. The molecule has 0 bridgehead atoms. The minimum Gasteiger partial charge on any atom is -0.497 e. The zero-order valence-corrected chi connectivity index (χ0v) is 18.9. The number of carbonyl (C=O) groups is 1. The van der Waals surface area contributed by atoms with Crippen LogP contribution in [0.2, 0.25) is 0 Å². The minimum absolute atomic E-state index is 0.149. The number of ether oxygens (including phenoxy) is 3. The molecule has 0 fully saturated rings. The summed E-state index contributed by atoms with van der Waals surface area (Å²) in [6.45, 7) is 1.87. The average molecular weight is 447 g/mol. The van der Waals surface area contributed by atoms with Crippen LogP contribution in [0.4, 0.5) is 0 Å². The molecule has 8 heteroatoms. The summed E-state index contributed by atoms with van der Waals surface area (Å²) in [6.07, 6.45) is -0.680. The Morgan fingerprint density at radius 2 is 1.76 bits per heavy atom. The molecule has 1 atom stereocenters. The van der Waals surface area contributed by atoms with Gasteiger partial charge >= 0.3 is 0 Å². The van der Waals surface area contributed by atoms with Crippen molar-refractivity contribution in [2.24, 2.45) is 0 Å². The largest absolute Gasteiger partial charge is 0.497 e. The second-order valence-corrected chi connectivity index (χ2v) is 7.54. The van der Waals surface area contributed by atoms with Crippen LogP contribution in [0.5, 0.6) is 17.2 Å². The molecule has 0 saturated heterocycles. The molecule has 170 valence electrons. The summed E-state index contributed by atoms with van der Waals surface area (Å²) >= 11 is 0. The number of fused-ring (bicyclic) bond motifs is 1. The minimum atomic E-state index is -0.680. The zero-order valence-electron chi connectivity index (χ0n) is 18.9. The molecule has 8 nitrogen and oxygen atoms in total. The summed E-state index contributed by atoms with van der Waals surface area (Å²) in [7, 11) is 4.81. The van der Waals surface area contributed by atoms with Gasteiger partial charge < -0.3 is 23.6 Å². The van der Waals surface area contributed by atoms with E-state index in [1.54, 1.807) is 46.4 Å². The third-order valence-corrected chi connectivity index (χ3v) is 5.25. The lowest BCUT2D eigenvalue weighted by Gasteiger charge is -2.21. The fourth-order valence-corrected chi connectivity index (χ4v) is 3.50. The summed E-state index contributed by atoms with van der Waals surface area (Å²) in [4.78, 5) is 18.7. The van der Waals surface area contributed by atoms with Gasteiger partial charge in [0.25, 0.3) is 5.91 Å². The van der Waals surface area contributed by atoms with Crippen molar-refractivity contribution >= 4 is 16.7 Å². The molecule has 4 rings (SSSR count). The van der Waals surface area contributed by atoms with Gasteiger partial charge in [-0.15, -0.1) is 0 Å². The van der Waals surface area contributed by atoms with Crippen molar-refractivity contribution in [1.29, 1.82) is 0 Å². The highest BCUT2D eigenvalue weighted by molar-refractivity contribution is 5.84. The number of benzene rings is 3. The normalized spacial score (nSPS) is 11.8. The van der Waals surface area contributed by atoms with E-state index in [1.807, 2.05) is 42.5 Å². The standard InChI is InChI=1S/C25H25N3O5/c1-16(32-20-10-9-17-7-5-6-8-18(17)13-20)25(29)28(2)15-23-26-24(27-33-23)21-12-11-19(30-3)14-22(21)31-4/h5-14,16H,15H2,1-4H3/t16-/m0/s1. The Balaban J connectivity index is 1.42. The molecule has 1 heterocycles. The molecule has 0 spiro atoms. The van der Waals surface area contributed by atoms with Crippen LogP contribution in [0, 0.1) is 0 Å². The quantitative estimate of drug-likeness (QED) is 0.397. The van der Waals surface area contributed by atoms with Gasteiger partial charge in [-0.2, -0.15) is 4.98 Å².